The molecule has 0 atom stereocenters. The average molecular weight is 318 g/mol. The molecule has 23 heavy (non-hydrogen) atoms. The normalized spacial score (nSPS) is 15.1. The lowest BCUT2D eigenvalue weighted by molar-refractivity contribution is -0.141. The van der Waals surface area contributed by atoms with Gasteiger partial charge >= 0.3 is 5.97 Å². The molecule has 0 unspecified atom stereocenters. The molecule has 2 rings (SSSR count). The quantitative estimate of drug-likeness (QED) is 0.845. The zero-order chi connectivity index (χ0) is 16.8. The minimum Gasteiger partial charge on any atom is -0.468 e. The maximum Gasteiger partial charge on any atom is 0.325 e. The summed E-state index contributed by atoms with van der Waals surface area (Å²) >= 11 is 0. The van der Waals surface area contributed by atoms with Crippen LogP contribution < -0.4 is 5.32 Å². The second-order valence-electron chi connectivity index (χ2n) is 5.68. The number of carbonyl (C=O) groups excluding carboxylic acids is 3. The van der Waals surface area contributed by atoms with Gasteiger partial charge in [-0.15, -0.1) is 0 Å². The Kier molecular flexibility index (Phi) is 5.73. The van der Waals surface area contributed by atoms with Crippen molar-refractivity contribution in [2.24, 2.45) is 5.92 Å². The highest BCUT2D eigenvalue weighted by atomic mass is 16.5. The van der Waals surface area contributed by atoms with E-state index in [-0.39, 0.29) is 24.3 Å². The number of nitrogens with zero attached hydrogens (tertiary/aromatic N) is 1. The number of hydrogen-bond donors (Lipinski definition) is 1. The molecule has 0 aromatic heterocycles. The molecule has 2 amide bonds. The van der Waals surface area contributed by atoms with Gasteiger partial charge in [-0.25, -0.2) is 0 Å². The van der Waals surface area contributed by atoms with E-state index in [9.17, 15) is 14.4 Å². The number of hydrogen-bond acceptors (Lipinski definition) is 4. The maximum atomic E-state index is 12.5. The topological polar surface area (TPSA) is 75.7 Å². The SMILES string of the molecule is COC(=O)CNC(=O)C1CCN(C(=O)c2ccccc2C)CC1. The predicted octanol–water partition coefficient (Wildman–Crippen LogP) is 1.14. The highest BCUT2D eigenvalue weighted by molar-refractivity contribution is 5.95. The van der Waals surface area contributed by atoms with Gasteiger partial charge in [0.25, 0.3) is 5.91 Å². The molecule has 1 saturated heterocycles. The molecule has 1 N–H and O–H groups in total. The van der Waals surface area contributed by atoms with Crippen molar-refractivity contribution in [2.45, 2.75) is 19.8 Å². The third kappa shape index (κ3) is 4.31. The fourth-order valence-electron chi connectivity index (χ4n) is 2.70. The number of amides is 2. The Balaban J connectivity index is 1.86. The van der Waals surface area contributed by atoms with Crippen LogP contribution >= 0.6 is 0 Å². The number of benzene rings is 1. The van der Waals surface area contributed by atoms with E-state index >= 15 is 0 Å². The van der Waals surface area contributed by atoms with Crippen LogP contribution in [0, 0.1) is 12.8 Å². The Morgan fingerprint density at radius 1 is 1.22 bits per heavy atom. The van der Waals surface area contributed by atoms with Crippen LogP contribution in [0.5, 0.6) is 0 Å². The molecule has 1 aliphatic rings. The summed E-state index contributed by atoms with van der Waals surface area (Å²) < 4.78 is 4.49. The molecule has 1 aromatic carbocycles. The largest absolute Gasteiger partial charge is 0.468 e. The van der Waals surface area contributed by atoms with Gasteiger partial charge in [-0.2, -0.15) is 0 Å². The predicted molar refractivity (Wildman–Crippen MR) is 84.8 cm³/mol. The van der Waals surface area contributed by atoms with Crippen LogP contribution in [0.25, 0.3) is 0 Å². The summed E-state index contributed by atoms with van der Waals surface area (Å²) in [5, 5.41) is 2.57. The zero-order valence-corrected chi connectivity index (χ0v) is 13.5. The van der Waals surface area contributed by atoms with Crippen molar-refractivity contribution in [1.82, 2.24) is 10.2 Å². The standard InChI is InChI=1S/C17H22N2O4/c1-12-5-3-4-6-14(12)17(22)19-9-7-13(8-10-19)16(21)18-11-15(20)23-2/h3-6,13H,7-11H2,1-2H3,(H,18,21). The summed E-state index contributed by atoms with van der Waals surface area (Å²) in [7, 11) is 1.28. The van der Waals surface area contributed by atoms with Gasteiger partial charge in [0.05, 0.1) is 7.11 Å². The minimum absolute atomic E-state index is 0.0107. The molecule has 0 aliphatic carbocycles. The number of nitrogens with one attached hydrogen (secondary N) is 1. The van der Waals surface area contributed by atoms with Crippen LogP contribution in [0.1, 0.15) is 28.8 Å². The van der Waals surface area contributed by atoms with Crippen molar-refractivity contribution < 1.29 is 19.1 Å². The first-order valence-electron chi connectivity index (χ1n) is 7.72. The third-order valence-corrected chi connectivity index (χ3v) is 4.16. The number of methoxy groups -OCH3 is 1. The molecule has 124 valence electrons. The van der Waals surface area contributed by atoms with Crippen molar-refractivity contribution in [3.63, 3.8) is 0 Å². The lowest BCUT2D eigenvalue weighted by Gasteiger charge is -2.31. The van der Waals surface area contributed by atoms with E-state index in [0.29, 0.717) is 31.5 Å². The van der Waals surface area contributed by atoms with Crippen LogP contribution in [0.3, 0.4) is 0 Å². The van der Waals surface area contributed by atoms with E-state index in [1.807, 2.05) is 31.2 Å². The summed E-state index contributed by atoms with van der Waals surface area (Å²) in [5.41, 5.74) is 1.66. The summed E-state index contributed by atoms with van der Waals surface area (Å²) in [4.78, 5) is 37.3. The van der Waals surface area contributed by atoms with Gasteiger partial charge in [-0.05, 0) is 31.4 Å². The van der Waals surface area contributed by atoms with Crippen molar-refractivity contribution in [3.8, 4) is 0 Å². The van der Waals surface area contributed by atoms with Gasteiger partial charge in [-0.1, -0.05) is 18.2 Å². The molecule has 0 bridgehead atoms. The van der Waals surface area contributed by atoms with Gasteiger partial charge in [0.1, 0.15) is 6.54 Å². The number of likely N-dealkylation sites (tertiary alicyclic amines) is 1. The number of carbonyl (C=O) groups is 3. The molecule has 1 fully saturated rings. The molecular formula is C17H22N2O4. The first-order valence-corrected chi connectivity index (χ1v) is 7.72. The first-order chi connectivity index (χ1) is 11.0. The number of piperidine rings is 1. The van der Waals surface area contributed by atoms with Gasteiger partial charge < -0.3 is 15.0 Å². The van der Waals surface area contributed by atoms with Gasteiger partial charge in [0.15, 0.2) is 0 Å². The van der Waals surface area contributed by atoms with Crippen LogP contribution in [-0.2, 0) is 14.3 Å². The van der Waals surface area contributed by atoms with E-state index in [1.165, 1.54) is 7.11 Å². The second-order valence-corrected chi connectivity index (χ2v) is 5.68. The Morgan fingerprint density at radius 3 is 2.48 bits per heavy atom. The summed E-state index contributed by atoms with van der Waals surface area (Å²) in [6, 6.07) is 7.50. The Bertz CT molecular complexity index is 592. The number of esters is 1. The molecule has 1 aromatic rings. The van der Waals surface area contributed by atoms with Crippen molar-refractivity contribution >= 4 is 17.8 Å². The third-order valence-electron chi connectivity index (χ3n) is 4.16. The van der Waals surface area contributed by atoms with Crippen LogP contribution in [0.2, 0.25) is 0 Å². The van der Waals surface area contributed by atoms with E-state index in [2.05, 4.69) is 10.1 Å². The molecular weight excluding hydrogens is 296 g/mol. The van der Waals surface area contributed by atoms with Crippen molar-refractivity contribution in [2.75, 3.05) is 26.7 Å². The van der Waals surface area contributed by atoms with Gasteiger partial charge in [0, 0.05) is 24.6 Å². The summed E-state index contributed by atoms with van der Waals surface area (Å²) in [5.74, 6) is -0.777. The molecule has 6 nitrogen and oxygen atoms in total. The fourth-order valence-corrected chi connectivity index (χ4v) is 2.70. The Hall–Kier alpha value is -2.37. The van der Waals surface area contributed by atoms with Crippen LogP contribution in [0.15, 0.2) is 24.3 Å². The molecule has 0 saturated carbocycles. The summed E-state index contributed by atoms with van der Waals surface area (Å²) in [6.45, 7) is 2.89. The smallest absolute Gasteiger partial charge is 0.325 e. The molecule has 1 aliphatic heterocycles. The van der Waals surface area contributed by atoms with Crippen molar-refractivity contribution in [3.05, 3.63) is 35.4 Å². The lowest BCUT2D eigenvalue weighted by Crippen LogP contribution is -2.44. The lowest BCUT2D eigenvalue weighted by atomic mass is 9.95. The number of aryl methyl sites for hydroxylation is 1. The Morgan fingerprint density at radius 2 is 1.87 bits per heavy atom. The zero-order valence-electron chi connectivity index (χ0n) is 13.5. The molecule has 0 radical (unpaired) electrons. The van der Waals surface area contributed by atoms with E-state index in [4.69, 9.17) is 0 Å². The molecule has 0 spiro atoms. The number of ether oxygens (including phenoxy) is 1. The van der Waals surface area contributed by atoms with Crippen LogP contribution in [-0.4, -0.2) is 49.4 Å². The summed E-state index contributed by atoms with van der Waals surface area (Å²) in [6.07, 6.45) is 1.20. The van der Waals surface area contributed by atoms with Crippen molar-refractivity contribution in [1.29, 1.82) is 0 Å². The highest BCUT2D eigenvalue weighted by Crippen LogP contribution is 2.20. The maximum absolute atomic E-state index is 12.5. The van der Waals surface area contributed by atoms with E-state index in [1.54, 1.807) is 4.90 Å². The first kappa shape index (κ1) is 17.0. The second kappa shape index (κ2) is 7.76. The van der Waals surface area contributed by atoms with E-state index in [0.717, 1.165) is 5.56 Å². The minimum atomic E-state index is -0.467. The average Bonchev–Trinajstić information content (AvgIpc) is 2.59. The van der Waals surface area contributed by atoms with Gasteiger partial charge in [0.2, 0.25) is 5.91 Å². The monoisotopic (exact) mass is 318 g/mol. The highest BCUT2D eigenvalue weighted by Gasteiger charge is 2.28. The number of rotatable bonds is 4. The van der Waals surface area contributed by atoms with E-state index < -0.39 is 5.97 Å². The van der Waals surface area contributed by atoms with Crippen LogP contribution in [0.4, 0.5) is 0 Å². The van der Waals surface area contributed by atoms with Gasteiger partial charge in [-0.3, -0.25) is 14.4 Å². The molecule has 6 heteroatoms. The Labute approximate surface area is 135 Å². The molecule has 1 heterocycles. The fraction of sp³-hybridized carbons (Fsp3) is 0.471.